The average molecular weight is 290 g/mol. The predicted octanol–water partition coefficient (Wildman–Crippen LogP) is 4.37. The number of halogens is 6. The molecule has 1 aliphatic carbocycles. The van der Waals surface area contributed by atoms with Crippen LogP contribution in [0, 0.1) is 23.7 Å². The van der Waals surface area contributed by atoms with E-state index in [1.165, 1.54) is 0 Å². The van der Waals surface area contributed by atoms with Crippen LogP contribution in [-0.2, 0) is 4.79 Å². The Morgan fingerprint density at radius 1 is 0.895 bits per heavy atom. The molecule has 0 aliphatic heterocycles. The molecule has 0 N–H and O–H groups in total. The zero-order valence-corrected chi connectivity index (χ0v) is 10.6. The van der Waals surface area contributed by atoms with E-state index in [0.717, 1.165) is 6.42 Å². The van der Waals surface area contributed by atoms with Gasteiger partial charge in [0.2, 0.25) is 5.92 Å². The molecule has 0 aromatic rings. The molecule has 1 nitrogen and oxygen atoms in total. The third-order valence-corrected chi connectivity index (χ3v) is 3.52. The summed E-state index contributed by atoms with van der Waals surface area (Å²) in [6.45, 7) is 3.48. The Bertz CT molecular complexity index is 308. The molecule has 1 fully saturated rings. The smallest absolute Gasteiger partial charge is 0.298 e. The van der Waals surface area contributed by atoms with Gasteiger partial charge < -0.3 is 0 Å². The van der Waals surface area contributed by atoms with Crippen molar-refractivity contribution < 1.29 is 31.1 Å². The lowest BCUT2D eigenvalue weighted by atomic mass is 9.72. The zero-order chi connectivity index (χ0) is 15.0. The van der Waals surface area contributed by atoms with E-state index in [1.54, 1.807) is 13.8 Å². The number of hydrogen-bond donors (Lipinski definition) is 0. The van der Waals surface area contributed by atoms with Crippen LogP contribution in [-0.4, -0.2) is 18.1 Å². The fourth-order valence-electron chi connectivity index (χ4n) is 2.92. The van der Waals surface area contributed by atoms with Gasteiger partial charge in [0.05, 0.1) is 0 Å². The van der Waals surface area contributed by atoms with Crippen molar-refractivity contribution in [3.8, 4) is 0 Å². The normalized spacial score (nSPS) is 29.6. The van der Waals surface area contributed by atoms with Crippen LogP contribution in [0.25, 0.3) is 0 Å². The molecule has 112 valence electrons. The summed E-state index contributed by atoms with van der Waals surface area (Å²) in [5, 5.41) is 0. The van der Waals surface area contributed by atoms with E-state index >= 15 is 0 Å². The van der Waals surface area contributed by atoms with Gasteiger partial charge >= 0.3 is 12.4 Å². The van der Waals surface area contributed by atoms with Gasteiger partial charge in [0, 0.05) is 5.92 Å². The molecular weight excluding hydrogens is 274 g/mol. The first-order chi connectivity index (χ1) is 8.43. The van der Waals surface area contributed by atoms with Gasteiger partial charge in [-0.15, -0.1) is 0 Å². The fourth-order valence-corrected chi connectivity index (χ4v) is 2.92. The molecule has 0 radical (unpaired) electrons. The van der Waals surface area contributed by atoms with Crippen molar-refractivity contribution in [2.24, 2.45) is 23.7 Å². The number of hydrogen-bond acceptors (Lipinski definition) is 1. The van der Waals surface area contributed by atoms with E-state index in [0.29, 0.717) is 0 Å². The maximum Gasteiger partial charge on any atom is 0.407 e. The quantitative estimate of drug-likeness (QED) is 0.690. The maximum atomic E-state index is 12.5. The Kier molecular flexibility index (Phi) is 4.57. The van der Waals surface area contributed by atoms with Gasteiger partial charge in [-0.05, 0) is 31.1 Å². The third-order valence-electron chi connectivity index (χ3n) is 3.52. The molecule has 19 heavy (non-hydrogen) atoms. The summed E-state index contributed by atoms with van der Waals surface area (Å²) in [4.78, 5) is 11.6. The number of Topliss-reactive ketones (excluding diaryl/α,β-unsaturated/α-hetero) is 1. The minimum Gasteiger partial charge on any atom is -0.298 e. The number of carbonyl (C=O) groups is 1. The second kappa shape index (κ2) is 5.32. The summed E-state index contributed by atoms with van der Waals surface area (Å²) in [7, 11) is 0. The average Bonchev–Trinajstić information content (AvgIpc) is 2.10. The van der Waals surface area contributed by atoms with Crippen molar-refractivity contribution in [2.45, 2.75) is 45.5 Å². The summed E-state index contributed by atoms with van der Waals surface area (Å²) in [5.74, 6) is -6.77. The van der Waals surface area contributed by atoms with Crippen LogP contribution in [0.3, 0.4) is 0 Å². The molecule has 1 rings (SSSR count). The van der Waals surface area contributed by atoms with Gasteiger partial charge in [0.25, 0.3) is 0 Å². The topological polar surface area (TPSA) is 17.1 Å². The van der Waals surface area contributed by atoms with Crippen LogP contribution in [0.15, 0.2) is 0 Å². The Hall–Kier alpha value is -0.750. The largest absolute Gasteiger partial charge is 0.407 e. The second-order valence-electron chi connectivity index (χ2n) is 5.53. The molecule has 0 spiro atoms. The van der Waals surface area contributed by atoms with Crippen molar-refractivity contribution in [3.63, 3.8) is 0 Å². The molecule has 7 heteroatoms. The highest BCUT2D eigenvalue weighted by Gasteiger charge is 2.61. The lowest BCUT2D eigenvalue weighted by Crippen LogP contribution is -2.46. The maximum absolute atomic E-state index is 12.5. The molecule has 0 aromatic heterocycles. The first kappa shape index (κ1) is 16.3. The monoisotopic (exact) mass is 290 g/mol. The SMILES string of the molecule is CC1CC(C)CC(C(=O)C(C(F)(F)F)C(F)(F)F)C1. The van der Waals surface area contributed by atoms with Crippen LogP contribution in [0.2, 0.25) is 0 Å². The summed E-state index contributed by atoms with van der Waals surface area (Å²) < 4.78 is 74.8. The molecule has 0 amide bonds. The van der Waals surface area contributed by atoms with E-state index in [2.05, 4.69) is 0 Å². The van der Waals surface area contributed by atoms with Crippen molar-refractivity contribution in [1.29, 1.82) is 0 Å². The van der Waals surface area contributed by atoms with Gasteiger partial charge in [-0.3, -0.25) is 4.79 Å². The van der Waals surface area contributed by atoms with Crippen molar-refractivity contribution >= 4 is 5.78 Å². The van der Waals surface area contributed by atoms with Gasteiger partial charge in [0.15, 0.2) is 5.78 Å². The summed E-state index contributed by atoms with van der Waals surface area (Å²) in [6.07, 6.45) is -10.2. The van der Waals surface area contributed by atoms with Crippen molar-refractivity contribution in [2.75, 3.05) is 0 Å². The lowest BCUT2D eigenvalue weighted by molar-refractivity contribution is -0.275. The lowest BCUT2D eigenvalue weighted by Gasteiger charge is -2.33. The van der Waals surface area contributed by atoms with Crippen molar-refractivity contribution in [3.05, 3.63) is 0 Å². The third kappa shape index (κ3) is 4.11. The van der Waals surface area contributed by atoms with Crippen LogP contribution < -0.4 is 0 Å². The zero-order valence-electron chi connectivity index (χ0n) is 10.6. The molecule has 2 atom stereocenters. The fraction of sp³-hybridized carbons (Fsp3) is 0.917. The van der Waals surface area contributed by atoms with E-state index in [-0.39, 0.29) is 24.7 Å². The summed E-state index contributed by atoms with van der Waals surface area (Å²) in [5.41, 5.74) is 0. The second-order valence-corrected chi connectivity index (χ2v) is 5.53. The van der Waals surface area contributed by atoms with Gasteiger partial charge in [0.1, 0.15) is 0 Å². The number of ketones is 1. The first-order valence-corrected chi connectivity index (χ1v) is 6.10. The minimum absolute atomic E-state index is 0.0279. The van der Waals surface area contributed by atoms with E-state index in [1.807, 2.05) is 0 Å². The van der Waals surface area contributed by atoms with Crippen LogP contribution in [0.5, 0.6) is 0 Å². The molecule has 2 unspecified atom stereocenters. The van der Waals surface area contributed by atoms with Gasteiger partial charge in [-0.25, -0.2) is 0 Å². The number of alkyl halides is 6. The van der Waals surface area contributed by atoms with Crippen LogP contribution >= 0.6 is 0 Å². The highest BCUT2D eigenvalue weighted by molar-refractivity contribution is 5.85. The molecule has 1 aliphatic rings. The van der Waals surface area contributed by atoms with Gasteiger partial charge in [-0.1, -0.05) is 13.8 Å². The van der Waals surface area contributed by atoms with E-state index in [9.17, 15) is 31.1 Å². The van der Waals surface area contributed by atoms with E-state index in [4.69, 9.17) is 0 Å². The van der Waals surface area contributed by atoms with Crippen molar-refractivity contribution in [1.82, 2.24) is 0 Å². The van der Waals surface area contributed by atoms with Crippen LogP contribution in [0.1, 0.15) is 33.1 Å². The molecule has 0 bridgehead atoms. The van der Waals surface area contributed by atoms with Gasteiger partial charge in [-0.2, -0.15) is 26.3 Å². The Labute approximate surface area is 107 Å². The predicted molar refractivity (Wildman–Crippen MR) is 56.3 cm³/mol. The highest BCUT2D eigenvalue weighted by Crippen LogP contribution is 2.44. The van der Waals surface area contributed by atoms with E-state index < -0.39 is 30.0 Å². The minimum atomic E-state index is -5.57. The number of carbonyl (C=O) groups excluding carboxylic acids is 1. The molecule has 0 aromatic carbocycles. The summed E-state index contributed by atoms with van der Waals surface area (Å²) >= 11 is 0. The Morgan fingerprint density at radius 2 is 1.26 bits per heavy atom. The Morgan fingerprint density at radius 3 is 1.58 bits per heavy atom. The summed E-state index contributed by atoms with van der Waals surface area (Å²) in [6, 6.07) is 0. The van der Waals surface area contributed by atoms with Crippen LogP contribution in [0.4, 0.5) is 26.3 Å². The standard InChI is InChI=1S/C12H16F6O/c1-6-3-7(2)5-8(4-6)9(19)10(11(13,14)15)12(16,17)18/h6-8,10H,3-5H2,1-2H3. The number of rotatable bonds is 2. The first-order valence-electron chi connectivity index (χ1n) is 6.10. The Balaban J connectivity index is 2.95. The molecule has 0 saturated heterocycles. The highest BCUT2D eigenvalue weighted by atomic mass is 19.4. The molecule has 0 heterocycles. The molecule has 1 saturated carbocycles. The molecular formula is C12H16F6O.